The first-order valence-electron chi connectivity index (χ1n) is 6.63. The summed E-state index contributed by atoms with van der Waals surface area (Å²) < 4.78 is 0. The van der Waals surface area contributed by atoms with E-state index in [2.05, 4.69) is 50.0 Å². The Kier molecular flexibility index (Phi) is 5.73. The Hall–Kier alpha value is -0.120. The van der Waals surface area contributed by atoms with Gasteiger partial charge < -0.3 is 10.2 Å². The lowest BCUT2D eigenvalue weighted by Crippen LogP contribution is -2.55. The molecule has 1 N–H and O–H groups in total. The van der Waals surface area contributed by atoms with Crippen LogP contribution in [0.15, 0.2) is 0 Å². The molecule has 0 bridgehead atoms. The van der Waals surface area contributed by atoms with Crippen molar-refractivity contribution >= 4 is 0 Å². The van der Waals surface area contributed by atoms with E-state index in [1.54, 1.807) is 0 Å². The highest BCUT2D eigenvalue weighted by Crippen LogP contribution is 2.12. The van der Waals surface area contributed by atoms with E-state index in [4.69, 9.17) is 0 Å². The first-order valence-corrected chi connectivity index (χ1v) is 6.63. The van der Waals surface area contributed by atoms with Crippen molar-refractivity contribution in [1.29, 1.82) is 0 Å². The zero-order chi connectivity index (χ0) is 12.1. The minimum Gasteiger partial charge on any atom is -0.311 e. The third-order valence-electron chi connectivity index (χ3n) is 3.66. The normalized spacial score (nSPS) is 25.3. The predicted octanol–water partition coefficient (Wildman–Crippen LogP) is 1.26. The number of hydrogen-bond donors (Lipinski definition) is 1. The van der Waals surface area contributed by atoms with E-state index in [9.17, 15) is 0 Å². The molecule has 0 spiro atoms. The molecule has 96 valence electrons. The molecule has 0 aromatic heterocycles. The molecule has 1 aliphatic rings. The second-order valence-electron chi connectivity index (χ2n) is 5.74. The van der Waals surface area contributed by atoms with Gasteiger partial charge in [0.05, 0.1) is 0 Å². The van der Waals surface area contributed by atoms with Gasteiger partial charge in [0.15, 0.2) is 0 Å². The summed E-state index contributed by atoms with van der Waals surface area (Å²) in [5, 5.41) is 3.62. The van der Waals surface area contributed by atoms with Crippen LogP contribution in [0.3, 0.4) is 0 Å². The lowest BCUT2D eigenvalue weighted by atomic mass is 10.0. The van der Waals surface area contributed by atoms with Gasteiger partial charge in [0.2, 0.25) is 0 Å². The van der Waals surface area contributed by atoms with Crippen molar-refractivity contribution in [3.05, 3.63) is 0 Å². The summed E-state index contributed by atoms with van der Waals surface area (Å²) in [7, 11) is 4.31. The van der Waals surface area contributed by atoms with Crippen molar-refractivity contribution in [1.82, 2.24) is 15.1 Å². The minimum atomic E-state index is 0.676. The van der Waals surface area contributed by atoms with Crippen LogP contribution >= 0.6 is 0 Å². The van der Waals surface area contributed by atoms with Crippen molar-refractivity contribution < 1.29 is 0 Å². The quantitative estimate of drug-likeness (QED) is 0.763. The van der Waals surface area contributed by atoms with E-state index in [0.29, 0.717) is 12.1 Å². The molecule has 2 atom stereocenters. The Bertz CT molecular complexity index is 192. The molecule has 1 rings (SSSR count). The lowest BCUT2D eigenvalue weighted by molar-refractivity contribution is 0.124. The largest absolute Gasteiger partial charge is 0.311 e. The Morgan fingerprint density at radius 1 is 1.31 bits per heavy atom. The second-order valence-corrected chi connectivity index (χ2v) is 5.74. The van der Waals surface area contributed by atoms with Gasteiger partial charge in [0.1, 0.15) is 0 Å². The fourth-order valence-electron chi connectivity index (χ4n) is 2.28. The molecule has 3 heteroatoms. The van der Waals surface area contributed by atoms with Crippen LogP contribution in [0, 0.1) is 5.92 Å². The maximum Gasteiger partial charge on any atom is 0.0218 e. The topological polar surface area (TPSA) is 18.5 Å². The van der Waals surface area contributed by atoms with Gasteiger partial charge in [-0.3, -0.25) is 4.90 Å². The van der Waals surface area contributed by atoms with Gasteiger partial charge in [0, 0.05) is 31.7 Å². The summed E-state index contributed by atoms with van der Waals surface area (Å²) in [6.07, 6.45) is 1.28. The van der Waals surface area contributed by atoms with Gasteiger partial charge in [-0.05, 0) is 39.9 Å². The first kappa shape index (κ1) is 13.9. The predicted molar refractivity (Wildman–Crippen MR) is 70.8 cm³/mol. The number of nitrogens with one attached hydrogen (secondary N) is 1. The molecule has 0 aromatic carbocycles. The van der Waals surface area contributed by atoms with Crippen LogP contribution in [-0.2, 0) is 0 Å². The summed E-state index contributed by atoms with van der Waals surface area (Å²) in [6.45, 7) is 11.8. The van der Waals surface area contributed by atoms with Crippen molar-refractivity contribution in [2.24, 2.45) is 5.92 Å². The van der Waals surface area contributed by atoms with Crippen molar-refractivity contribution in [2.45, 2.75) is 39.3 Å². The van der Waals surface area contributed by atoms with Crippen LogP contribution in [0.4, 0.5) is 0 Å². The molecule has 16 heavy (non-hydrogen) atoms. The number of nitrogens with zero attached hydrogens (tertiary/aromatic N) is 2. The highest BCUT2D eigenvalue weighted by atomic mass is 15.2. The Balaban J connectivity index is 2.34. The smallest absolute Gasteiger partial charge is 0.0218 e. The molecule has 0 saturated carbocycles. The van der Waals surface area contributed by atoms with E-state index in [1.165, 1.54) is 26.1 Å². The summed E-state index contributed by atoms with van der Waals surface area (Å²) in [4.78, 5) is 4.92. The summed E-state index contributed by atoms with van der Waals surface area (Å²) in [5.74, 6) is 0.740. The summed E-state index contributed by atoms with van der Waals surface area (Å²) >= 11 is 0. The van der Waals surface area contributed by atoms with Crippen molar-refractivity contribution in [3.8, 4) is 0 Å². The van der Waals surface area contributed by atoms with E-state index < -0.39 is 0 Å². The van der Waals surface area contributed by atoms with Gasteiger partial charge in [-0.25, -0.2) is 0 Å². The van der Waals surface area contributed by atoms with Crippen LogP contribution in [0.2, 0.25) is 0 Å². The molecule has 0 aliphatic carbocycles. The molecular weight excluding hydrogens is 198 g/mol. The maximum atomic E-state index is 3.62. The Morgan fingerprint density at radius 3 is 2.56 bits per heavy atom. The first-order chi connectivity index (χ1) is 7.50. The van der Waals surface area contributed by atoms with Crippen LogP contribution in [0.1, 0.15) is 27.2 Å². The molecule has 3 nitrogen and oxygen atoms in total. The zero-order valence-electron chi connectivity index (χ0n) is 11.7. The van der Waals surface area contributed by atoms with Gasteiger partial charge in [-0.1, -0.05) is 13.8 Å². The Morgan fingerprint density at radius 2 is 2.00 bits per heavy atom. The van der Waals surface area contributed by atoms with Gasteiger partial charge >= 0.3 is 0 Å². The molecule has 0 amide bonds. The van der Waals surface area contributed by atoms with Crippen LogP contribution < -0.4 is 5.32 Å². The monoisotopic (exact) mass is 227 g/mol. The van der Waals surface area contributed by atoms with E-state index >= 15 is 0 Å². The lowest BCUT2D eigenvalue weighted by Gasteiger charge is -2.39. The van der Waals surface area contributed by atoms with E-state index in [1.807, 2.05) is 0 Å². The number of piperazine rings is 1. The maximum absolute atomic E-state index is 3.62. The van der Waals surface area contributed by atoms with Gasteiger partial charge in [-0.15, -0.1) is 0 Å². The van der Waals surface area contributed by atoms with Crippen LogP contribution in [0.25, 0.3) is 0 Å². The molecule has 0 radical (unpaired) electrons. The van der Waals surface area contributed by atoms with Gasteiger partial charge in [0.25, 0.3) is 0 Å². The molecular formula is C13H29N3. The van der Waals surface area contributed by atoms with Crippen LogP contribution in [0.5, 0.6) is 0 Å². The molecule has 2 unspecified atom stereocenters. The third-order valence-corrected chi connectivity index (χ3v) is 3.66. The van der Waals surface area contributed by atoms with Crippen LogP contribution in [-0.4, -0.2) is 62.2 Å². The zero-order valence-corrected chi connectivity index (χ0v) is 11.7. The third kappa shape index (κ3) is 4.40. The SMILES string of the molecule is CC(C)C1CN(C(C)CCN(C)C)CCN1. The van der Waals surface area contributed by atoms with Gasteiger partial charge in [-0.2, -0.15) is 0 Å². The highest BCUT2D eigenvalue weighted by molar-refractivity contribution is 4.83. The van der Waals surface area contributed by atoms with Crippen molar-refractivity contribution in [2.75, 3.05) is 40.3 Å². The fourth-order valence-corrected chi connectivity index (χ4v) is 2.28. The minimum absolute atomic E-state index is 0.676. The van der Waals surface area contributed by atoms with E-state index in [0.717, 1.165) is 12.5 Å². The Labute approximate surface area is 101 Å². The highest BCUT2D eigenvalue weighted by Gasteiger charge is 2.24. The number of rotatable bonds is 5. The van der Waals surface area contributed by atoms with Crippen molar-refractivity contribution in [3.63, 3.8) is 0 Å². The molecule has 1 heterocycles. The fraction of sp³-hybridized carbons (Fsp3) is 1.00. The molecule has 0 aromatic rings. The number of hydrogen-bond acceptors (Lipinski definition) is 3. The average molecular weight is 227 g/mol. The molecule has 1 aliphatic heterocycles. The molecule has 1 saturated heterocycles. The average Bonchev–Trinajstić information content (AvgIpc) is 2.26. The standard InChI is InChI=1S/C13H29N3/c1-11(2)13-10-16(9-7-14-13)12(3)6-8-15(4)5/h11-14H,6-10H2,1-5H3. The molecule has 1 fully saturated rings. The summed E-state index contributed by atoms with van der Waals surface area (Å²) in [6, 6.07) is 1.39. The summed E-state index contributed by atoms with van der Waals surface area (Å²) in [5.41, 5.74) is 0. The van der Waals surface area contributed by atoms with E-state index in [-0.39, 0.29) is 0 Å². The second kappa shape index (κ2) is 6.58.